The molecule has 0 bridgehead atoms. The summed E-state index contributed by atoms with van der Waals surface area (Å²) in [6.07, 6.45) is 1.29. The van der Waals surface area contributed by atoms with Crippen molar-refractivity contribution in [1.29, 1.82) is 0 Å². The van der Waals surface area contributed by atoms with Crippen LogP contribution in [-0.4, -0.2) is 27.5 Å². The van der Waals surface area contributed by atoms with Crippen LogP contribution in [0.2, 0.25) is 0 Å². The van der Waals surface area contributed by atoms with Crippen molar-refractivity contribution in [3.63, 3.8) is 0 Å². The Labute approximate surface area is 102 Å². The van der Waals surface area contributed by atoms with Crippen LogP contribution in [0, 0.1) is 0 Å². The van der Waals surface area contributed by atoms with Crippen LogP contribution in [0.1, 0.15) is 24.1 Å². The molecule has 0 radical (unpaired) electrons. The molecule has 0 unspecified atom stereocenters. The fourth-order valence-corrected chi connectivity index (χ4v) is 1.99. The van der Waals surface area contributed by atoms with Crippen LogP contribution < -0.4 is 9.47 Å². The number of carboxylic acid groups (broad SMARTS) is 2. The van der Waals surface area contributed by atoms with Crippen molar-refractivity contribution in [3.05, 3.63) is 17.5 Å². The van der Waals surface area contributed by atoms with Gasteiger partial charge in [-0.2, -0.15) is 0 Å². The summed E-state index contributed by atoms with van der Waals surface area (Å²) in [6, 6.07) is 0. The van der Waals surface area contributed by atoms with Gasteiger partial charge in [-0.15, -0.1) is 0 Å². The quantitative estimate of drug-likeness (QED) is 0.777. The van der Waals surface area contributed by atoms with Gasteiger partial charge in [-0.05, 0) is 25.7 Å². The van der Waals surface area contributed by atoms with Gasteiger partial charge in [0.05, 0.1) is 6.20 Å². The van der Waals surface area contributed by atoms with E-state index in [0.717, 1.165) is 25.0 Å². The molecule has 1 aromatic rings. The van der Waals surface area contributed by atoms with Crippen LogP contribution in [0.25, 0.3) is 0 Å². The maximum atomic E-state index is 10.6. The minimum absolute atomic E-state index is 0.0606. The molecule has 0 aliphatic heterocycles. The van der Waals surface area contributed by atoms with Crippen molar-refractivity contribution in [2.24, 2.45) is 0 Å². The summed E-state index contributed by atoms with van der Waals surface area (Å²) in [5.41, 5.74) is 1.35. The molecule has 1 aliphatic carbocycles. The Balaban J connectivity index is 2.45. The van der Waals surface area contributed by atoms with E-state index in [0.29, 0.717) is 12.0 Å². The third-order valence-corrected chi connectivity index (χ3v) is 2.66. The molecule has 2 N–H and O–H groups in total. The fourth-order valence-electron chi connectivity index (χ4n) is 1.99. The van der Waals surface area contributed by atoms with Crippen LogP contribution in [0.3, 0.4) is 0 Å². The van der Waals surface area contributed by atoms with Crippen molar-refractivity contribution in [1.82, 2.24) is 4.98 Å². The zero-order valence-electron chi connectivity index (χ0n) is 9.38. The maximum absolute atomic E-state index is 10.6. The first-order valence-corrected chi connectivity index (χ1v) is 5.40. The molecule has 0 aromatic carbocycles. The molecular weight excluding hydrogens is 242 g/mol. The van der Waals surface area contributed by atoms with E-state index in [1.54, 1.807) is 0 Å². The molecule has 96 valence electrons. The molecule has 1 aliphatic rings. The van der Waals surface area contributed by atoms with Crippen molar-refractivity contribution in [2.75, 3.05) is 0 Å². The van der Waals surface area contributed by atoms with Crippen LogP contribution in [0.5, 0.6) is 11.5 Å². The number of aromatic nitrogens is 1. The Hall–Kier alpha value is -2.31. The van der Waals surface area contributed by atoms with Gasteiger partial charge >= 0.3 is 12.3 Å². The molecule has 0 spiro atoms. The molecule has 0 saturated heterocycles. The first-order chi connectivity index (χ1) is 8.58. The van der Waals surface area contributed by atoms with E-state index < -0.39 is 12.3 Å². The topological polar surface area (TPSA) is 106 Å². The van der Waals surface area contributed by atoms with E-state index >= 15 is 0 Å². The highest BCUT2D eigenvalue weighted by molar-refractivity contribution is 5.68. The molecule has 7 nitrogen and oxygen atoms in total. The normalized spacial score (nSPS) is 13.6. The average Bonchev–Trinajstić information content (AvgIpc) is 2.31. The predicted octanol–water partition coefficient (Wildman–Crippen LogP) is 2.07. The average molecular weight is 253 g/mol. The number of hydrogen-bond acceptors (Lipinski definition) is 5. The highest BCUT2D eigenvalue weighted by atomic mass is 16.7. The highest BCUT2D eigenvalue weighted by Crippen LogP contribution is 2.36. The smallest absolute Gasteiger partial charge is 0.449 e. The number of hydrogen-bond donors (Lipinski definition) is 2. The lowest BCUT2D eigenvalue weighted by molar-refractivity contribution is 0.132. The Bertz CT molecular complexity index is 499. The van der Waals surface area contributed by atoms with Crippen LogP contribution in [0.15, 0.2) is 6.20 Å². The zero-order chi connectivity index (χ0) is 13.1. The minimum atomic E-state index is -1.54. The van der Waals surface area contributed by atoms with Gasteiger partial charge in [0.1, 0.15) is 0 Å². The number of fused-ring (bicyclic) bond motifs is 1. The number of aryl methyl sites for hydroxylation is 1. The predicted molar refractivity (Wildman–Crippen MR) is 58.2 cm³/mol. The molecule has 1 aromatic heterocycles. The van der Waals surface area contributed by atoms with Crippen LogP contribution >= 0.6 is 0 Å². The summed E-state index contributed by atoms with van der Waals surface area (Å²) in [5, 5.41) is 17.3. The number of pyridine rings is 1. The van der Waals surface area contributed by atoms with Gasteiger partial charge in [-0.3, -0.25) is 4.98 Å². The number of ether oxygens (including phenoxy) is 2. The van der Waals surface area contributed by atoms with Gasteiger partial charge in [0, 0.05) is 11.3 Å². The lowest BCUT2D eigenvalue weighted by Crippen LogP contribution is -2.14. The molecule has 1 heterocycles. The van der Waals surface area contributed by atoms with Gasteiger partial charge in [0.25, 0.3) is 0 Å². The second-order valence-corrected chi connectivity index (χ2v) is 3.82. The summed E-state index contributed by atoms with van der Waals surface area (Å²) in [7, 11) is 0. The van der Waals surface area contributed by atoms with E-state index in [9.17, 15) is 9.59 Å². The molecule has 18 heavy (non-hydrogen) atoms. The summed E-state index contributed by atoms with van der Waals surface area (Å²) in [4.78, 5) is 25.2. The van der Waals surface area contributed by atoms with Crippen molar-refractivity contribution < 1.29 is 29.3 Å². The molecule has 0 amide bonds. The first kappa shape index (κ1) is 12.2. The van der Waals surface area contributed by atoms with Gasteiger partial charge in [0.15, 0.2) is 11.5 Å². The first-order valence-electron chi connectivity index (χ1n) is 5.40. The zero-order valence-corrected chi connectivity index (χ0v) is 9.38. The van der Waals surface area contributed by atoms with Gasteiger partial charge in [0.2, 0.25) is 0 Å². The Morgan fingerprint density at radius 1 is 1.11 bits per heavy atom. The van der Waals surface area contributed by atoms with Gasteiger partial charge in [-0.25, -0.2) is 9.59 Å². The van der Waals surface area contributed by atoms with Crippen LogP contribution in [0.4, 0.5) is 9.59 Å². The van der Waals surface area contributed by atoms with Crippen molar-refractivity contribution in [3.8, 4) is 11.5 Å². The van der Waals surface area contributed by atoms with Crippen LogP contribution in [-0.2, 0) is 12.8 Å². The maximum Gasteiger partial charge on any atom is 0.511 e. The van der Waals surface area contributed by atoms with E-state index in [4.69, 9.17) is 10.2 Å². The number of rotatable bonds is 2. The van der Waals surface area contributed by atoms with E-state index in [2.05, 4.69) is 14.5 Å². The van der Waals surface area contributed by atoms with Gasteiger partial charge < -0.3 is 19.7 Å². The fraction of sp³-hybridized carbons (Fsp3) is 0.364. The SMILES string of the molecule is O=C(O)Oc1cnc2c(c1OC(=O)O)CCCC2. The largest absolute Gasteiger partial charge is 0.511 e. The standard InChI is InChI=1S/C11H11NO6/c13-10(14)17-8-5-12-7-4-2-1-3-6(7)9(8)18-11(15)16/h5H,1-4H2,(H,13,14)(H,15,16). The molecule has 0 fully saturated rings. The molecule has 0 atom stereocenters. The third-order valence-electron chi connectivity index (χ3n) is 2.66. The summed E-state index contributed by atoms with van der Waals surface area (Å²) in [6.45, 7) is 0. The van der Waals surface area contributed by atoms with Gasteiger partial charge in [-0.1, -0.05) is 0 Å². The lowest BCUT2D eigenvalue weighted by Gasteiger charge is -2.18. The monoisotopic (exact) mass is 253 g/mol. The van der Waals surface area contributed by atoms with E-state index in [1.165, 1.54) is 6.20 Å². The van der Waals surface area contributed by atoms with E-state index in [-0.39, 0.29) is 11.5 Å². The van der Waals surface area contributed by atoms with E-state index in [1.807, 2.05) is 0 Å². The molecular formula is C11H11NO6. The number of nitrogens with zero attached hydrogens (tertiary/aromatic N) is 1. The lowest BCUT2D eigenvalue weighted by atomic mass is 9.95. The Morgan fingerprint density at radius 2 is 1.78 bits per heavy atom. The van der Waals surface area contributed by atoms with Crippen molar-refractivity contribution >= 4 is 12.3 Å². The molecule has 0 saturated carbocycles. The second-order valence-electron chi connectivity index (χ2n) is 3.82. The second kappa shape index (κ2) is 4.91. The minimum Gasteiger partial charge on any atom is -0.449 e. The summed E-state index contributed by atoms with van der Waals surface area (Å²) < 4.78 is 9.11. The number of carbonyl (C=O) groups is 2. The highest BCUT2D eigenvalue weighted by Gasteiger charge is 2.23. The van der Waals surface area contributed by atoms with Crippen molar-refractivity contribution in [2.45, 2.75) is 25.7 Å². The summed E-state index contributed by atoms with van der Waals surface area (Å²) >= 11 is 0. The summed E-state index contributed by atoms with van der Waals surface area (Å²) in [5.74, 6) is -0.250. The Kier molecular flexibility index (Phi) is 3.31. The Morgan fingerprint density at radius 3 is 2.44 bits per heavy atom. The molecule has 7 heteroatoms. The third kappa shape index (κ3) is 2.50. The molecule has 2 rings (SSSR count).